The molecule has 1 saturated carbocycles. The molecule has 1 aliphatic heterocycles. The molecule has 2 aromatic heterocycles. The van der Waals surface area contributed by atoms with Crippen LogP contribution >= 0.6 is 0 Å². The number of rotatable bonds is 3. The molecule has 0 radical (unpaired) electrons. The van der Waals surface area contributed by atoms with Gasteiger partial charge in [0.25, 0.3) is 0 Å². The molecule has 2 aromatic rings. The van der Waals surface area contributed by atoms with E-state index >= 15 is 0 Å². The first-order chi connectivity index (χ1) is 9.86. The Labute approximate surface area is 119 Å². The Morgan fingerprint density at radius 2 is 2.00 bits per heavy atom. The Hall–Kier alpha value is -1.55. The molecular weight excluding hydrogens is 248 g/mol. The normalized spacial score (nSPS) is 25.6. The SMILES string of the molecule is NCCc1c(N2CC3CCCC3C2)nc2ccccn12. The average Bonchev–Trinajstić information content (AvgIpc) is 3.11. The summed E-state index contributed by atoms with van der Waals surface area (Å²) in [6.45, 7) is 3.05. The number of imidazole rings is 1. The van der Waals surface area contributed by atoms with E-state index in [-0.39, 0.29) is 0 Å². The fourth-order valence-corrected chi connectivity index (χ4v) is 4.06. The van der Waals surface area contributed by atoms with Gasteiger partial charge in [-0.2, -0.15) is 0 Å². The Morgan fingerprint density at radius 3 is 2.75 bits per heavy atom. The molecule has 106 valence electrons. The number of anilines is 1. The maximum absolute atomic E-state index is 5.81. The Morgan fingerprint density at radius 1 is 1.20 bits per heavy atom. The van der Waals surface area contributed by atoms with Gasteiger partial charge in [-0.25, -0.2) is 4.98 Å². The molecule has 1 aliphatic carbocycles. The summed E-state index contributed by atoms with van der Waals surface area (Å²) in [5, 5.41) is 0. The van der Waals surface area contributed by atoms with Gasteiger partial charge in [0, 0.05) is 25.7 Å². The Bertz CT molecular complexity index is 606. The smallest absolute Gasteiger partial charge is 0.151 e. The maximum atomic E-state index is 5.81. The minimum Gasteiger partial charge on any atom is -0.355 e. The zero-order valence-corrected chi connectivity index (χ0v) is 11.8. The van der Waals surface area contributed by atoms with Crippen LogP contribution in [-0.4, -0.2) is 29.0 Å². The zero-order valence-electron chi connectivity index (χ0n) is 11.8. The molecule has 2 aliphatic rings. The quantitative estimate of drug-likeness (QED) is 0.928. The molecule has 2 atom stereocenters. The third kappa shape index (κ3) is 1.82. The zero-order chi connectivity index (χ0) is 13.5. The summed E-state index contributed by atoms with van der Waals surface area (Å²) < 4.78 is 2.20. The van der Waals surface area contributed by atoms with Crippen LogP contribution in [0.4, 0.5) is 5.82 Å². The van der Waals surface area contributed by atoms with E-state index in [0.717, 1.165) is 23.9 Å². The second kappa shape index (κ2) is 4.77. The Kier molecular flexibility index (Phi) is 2.91. The number of hydrogen-bond donors (Lipinski definition) is 1. The summed E-state index contributed by atoms with van der Waals surface area (Å²) in [6, 6.07) is 6.20. The highest BCUT2D eigenvalue weighted by Gasteiger charge is 2.37. The molecule has 4 rings (SSSR count). The molecule has 0 amide bonds. The molecule has 0 aromatic carbocycles. The van der Waals surface area contributed by atoms with Crippen LogP contribution in [0.2, 0.25) is 0 Å². The predicted octanol–water partition coefficient (Wildman–Crippen LogP) is 2.07. The van der Waals surface area contributed by atoms with Crippen molar-refractivity contribution in [3.8, 4) is 0 Å². The summed E-state index contributed by atoms with van der Waals surface area (Å²) >= 11 is 0. The van der Waals surface area contributed by atoms with E-state index in [1.165, 1.54) is 43.9 Å². The van der Waals surface area contributed by atoms with Crippen LogP contribution in [0.1, 0.15) is 25.0 Å². The molecule has 2 unspecified atom stereocenters. The van der Waals surface area contributed by atoms with Gasteiger partial charge in [0.15, 0.2) is 5.82 Å². The molecule has 2 N–H and O–H groups in total. The lowest BCUT2D eigenvalue weighted by Gasteiger charge is -2.18. The van der Waals surface area contributed by atoms with Gasteiger partial charge >= 0.3 is 0 Å². The summed E-state index contributed by atoms with van der Waals surface area (Å²) in [6.07, 6.45) is 7.23. The monoisotopic (exact) mass is 270 g/mol. The lowest BCUT2D eigenvalue weighted by atomic mass is 10.0. The largest absolute Gasteiger partial charge is 0.355 e. The van der Waals surface area contributed by atoms with Crippen LogP contribution in [0.15, 0.2) is 24.4 Å². The van der Waals surface area contributed by atoms with Gasteiger partial charge in [0.1, 0.15) is 5.65 Å². The van der Waals surface area contributed by atoms with Crippen molar-refractivity contribution in [2.75, 3.05) is 24.5 Å². The van der Waals surface area contributed by atoms with E-state index in [9.17, 15) is 0 Å². The van der Waals surface area contributed by atoms with Gasteiger partial charge in [-0.3, -0.25) is 0 Å². The van der Waals surface area contributed by atoms with E-state index in [1.807, 2.05) is 0 Å². The fraction of sp³-hybridized carbons (Fsp3) is 0.562. The van der Waals surface area contributed by atoms with Crippen molar-refractivity contribution < 1.29 is 0 Å². The number of nitrogens with zero attached hydrogens (tertiary/aromatic N) is 3. The summed E-state index contributed by atoms with van der Waals surface area (Å²) in [4.78, 5) is 7.38. The average molecular weight is 270 g/mol. The van der Waals surface area contributed by atoms with Crippen molar-refractivity contribution in [2.24, 2.45) is 17.6 Å². The van der Waals surface area contributed by atoms with E-state index in [1.54, 1.807) is 0 Å². The molecule has 3 heterocycles. The molecule has 0 bridgehead atoms. The number of aromatic nitrogens is 2. The van der Waals surface area contributed by atoms with E-state index in [0.29, 0.717) is 6.54 Å². The lowest BCUT2D eigenvalue weighted by Crippen LogP contribution is -2.23. The van der Waals surface area contributed by atoms with Crippen LogP contribution in [0.3, 0.4) is 0 Å². The molecule has 1 saturated heterocycles. The molecule has 2 fully saturated rings. The van der Waals surface area contributed by atoms with Gasteiger partial charge in [-0.1, -0.05) is 12.5 Å². The van der Waals surface area contributed by atoms with Crippen LogP contribution in [0.25, 0.3) is 5.65 Å². The molecule has 20 heavy (non-hydrogen) atoms. The predicted molar refractivity (Wildman–Crippen MR) is 81.0 cm³/mol. The van der Waals surface area contributed by atoms with Gasteiger partial charge in [0.2, 0.25) is 0 Å². The minimum atomic E-state index is 0.677. The second-order valence-electron chi connectivity index (χ2n) is 6.21. The number of nitrogens with two attached hydrogens (primary N) is 1. The standard InChI is InChI=1S/C16H22N4/c17-8-7-14-16(18-15-6-1-2-9-20(14)15)19-10-12-4-3-5-13(12)11-19/h1-2,6,9,12-13H,3-5,7-8,10-11,17H2. The second-order valence-corrected chi connectivity index (χ2v) is 6.21. The van der Waals surface area contributed by atoms with Crippen molar-refractivity contribution in [3.05, 3.63) is 30.1 Å². The van der Waals surface area contributed by atoms with Crippen molar-refractivity contribution >= 4 is 11.5 Å². The molecular formula is C16H22N4. The number of pyridine rings is 1. The van der Waals surface area contributed by atoms with Crippen molar-refractivity contribution in [3.63, 3.8) is 0 Å². The third-order valence-electron chi connectivity index (χ3n) is 5.01. The van der Waals surface area contributed by atoms with Gasteiger partial charge < -0.3 is 15.0 Å². The summed E-state index contributed by atoms with van der Waals surface area (Å²) in [7, 11) is 0. The first kappa shape index (κ1) is 12.2. The van der Waals surface area contributed by atoms with E-state index in [2.05, 4.69) is 33.7 Å². The van der Waals surface area contributed by atoms with Crippen molar-refractivity contribution in [1.82, 2.24) is 9.38 Å². The third-order valence-corrected chi connectivity index (χ3v) is 5.01. The van der Waals surface area contributed by atoms with Crippen molar-refractivity contribution in [2.45, 2.75) is 25.7 Å². The molecule has 4 heteroatoms. The number of fused-ring (bicyclic) bond motifs is 2. The Balaban J connectivity index is 1.73. The van der Waals surface area contributed by atoms with Gasteiger partial charge in [-0.15, -0.1) is 0 Å². The lowest BCUT2D eigenvalue weighted by molar-refractivity contribution is 0.494. The van der Waals surface area contributed by atoms with Crippen LogP contribution < -0.4 is 10.6 Å². The highest BCUT2D eigenvalue weighted by molar-refractivity contribution is 5.56. The van der Waals surface area contributed by atoms with E-state index in [4.69, 9.17) is 10.7 Å². The first-order valence-corrected chi connectivity index (χ1v) is 7.78. The highest BCUT2D eigenvalue weighted by Crippen LogP contribution is 2.40. The fourth-order valence-electron chi connectivity index (χ4n) is 4.06. The topological polar surface area (TPSA) is 46.6 Å². The van der Waals surface area contributed by atoms with Crippen LogP contribution in [-0.2, 0) is 6.42 Å². The van der Waals surface area contributed by atoms with Crippen molar-refractivity contribution in [1.29, 1.82) is 0 Å². The first-order valence-electron chi connectivity index (χ1n) is 7.78. The van der Waals surface area contributed by atoms with Gasteiger partial charge in [-0.05, 0) is 43.4 Å². The molecule has 4 nitrogen and oxygen atoms in total. The highest BCUT2D eigenvalue weighted by atomic mass is 15.3. The van der Waals surface area contributed by atoms with Crippen LogP contribution in [0.5, 0.6) is 0 Å². The van der Waals surface area contributed by atoms with E-state index < -0.39 is 0 Å². The van der Waals surface area contributed by atoms with Gasteiger partial charge in [0.05, 0.1) is 5.69 Å². The number of hydrogen-bond acceptors (Lipinski definition) is 3. The minimum absolute atomic E-state index is 0.677. The summed E-state index contributed by atoms with van der Waals surface area (Å²) in [5.41, 5.74) is 8.14. The maximum Gasteiger partial charge on any atom is 0.151 e. The van der Waals surface area contributed by atoms with Crippen LogP contribution in [0, 0.1) is 11.8 Å². The molecule has 0 spiro atoms. The summed E-state index contributed by atoms with van der Waals surface area (Å²) in [5.74, 6) is 2.96.